The van der Waals surface area contributed by atoms with Crippen LogP contribution in [0, 0.1) is 11.7 Å². The van der Waals surface area contributed by atoms with Crippen LogP contribution in [0.5, 0.6) is 0 Å². The lowest BCUT2D eigenvalue weighted by Gasteiger charge is -2.23. The number of carbonyl (C=O) groups is 2. The number of anilines is 1. The number of rotatable bonds is 2. The second-order valence-electron chi connectivity index (χ2n) is 5.52. The number of hydrogen-bond donors (Lipinski definition) is 3. The minimum Gasteiger partial charge on any atom is -0.355 e. The molecular formula is C15H18FN3O2. The molecule has 0 aromatic heterocycles. The van der Waals surface area contributed by atoms with Crippen molar-refractivity contribution in [1.82, 2.24) is 10.6 Å². The number of carbonyl (C=O) groups excluding carboxylic acids is 2. The highest BCUT2D eigenvalue weighted by Crippen LogP contribution is 2.25. The smallest absolute Gasteiger partial charge is 0.229 e. The van der Waals surface area contributed by atoms with E-state index in [0.29, 0.717) is 37.9 Å². The quantitative estimate of drug-likeness (QED) is 0.759. The predicted octanol–water partition coefficient (Wildman–Crippen LogP) is 0.936. The minimum atomic E-state index is -0.331. The van der Waals surface area contributed by atoms with Crippen molar-refractivity contribution in [1.29, 1.82) is 0 Å². The number of fused-ring (bicyclic) bond motifs is 1. The van der Waals surface area contributed by atoms with Gasteiger partial charge in [-0.3, -0.25) is 9.59 Å². The molecule has 3 rings (SSSR count). The highest BCUT2D eigenvalue weighted by Gasteiger charge is 2.25. The van der Waals surface area contributed by atoms with Gasteiger partial charge in [0.25, 0.3) is 0 Å². The molecule has 112 valence electrons. The van der Waals surface area contributed by atoms with Crippen LogP contribution in [-0.4, -0.2) is 24.9 Å². The molecule has 3 N–H and O–H groups in total. The molecule has 0 radical (unpaired) electrons. The third kappa shape index (κ3) is 2.90. The van der Waals surface area contributed by atoms with Crippen LogP contribution in [0.15, 0.2) is 12.1 Å². The summed E-state index contributed by atoms with van der Waals surface area (Å²) in [6.45, 7) is 1.73. The lowest BCUT2D eigenvalue weighted by atomic mass is 9.97. The lowest BCUT2D eigenvalue weighted by Crippen LogP contribution is -2.40. The van der Waals surface area contributed by atoms with Crippen LogP contribution in [0.4, 0.5) is 10.1 Å². The molecular weight excluding hydrogens is 273 g/mol. The van der Waals surface area contributed by atoms with Crippen molar-refractivity contribution in [3.05, 3.63) is 29.1 Å². The van der Waals surface area contributed by atoms with E-state index in [2.05, 4.69) is 16.0 Å². The Balaban J connectivity index is 1.73. The van der Waals surface area contributed by atoms with E-state index in [9.17, 15) is 14.0 Å². The third-order valence-electron chi connectivity index (χ3n) is 4.10. The summed E-state index contributed by atoms with van der Waals surface area (Å²) < 4.78 is 14.4. The van der Waals surface area contributed by atoms with Gasteiger partial charge in [0.05, 0.1) is 11.6 Å². The normalized spacial score (nSPS) is 21.4. The van der Waals surface area contributed by atoms with Gasteiger partial charge >= 0.3 is 0 Å². The van der Waals surface area contributed by atoms with Crippen LogP contribution in [0.3, 0.4) is 0 Å². The van der Waals surface area contributed by atoms with Crippen molar-refractivity contribution in [3.8, 4) is 0 Å². The highest BCUT2D eigenvalue weighted by atomic mass is 19.1. The molecule has 1 fully saturated rings. The molecule has 1 aromatic carbocycles. The molecule has 6 heteroatoms. The molecule has 2 aliphatic rings. The summed E-state index contributed by atoms with van der Waals surface area (Å²) in [6, 6.07) is 3.46. The summed E-state index contributed by atoms with van der Waals surface area (Å²) in [6.07, 6.45) is 1.48. The van der Waals surface area contributed by atoms with Crippen molar-refractivity contribution in [2.45, 2.75) is 25.8 Å². The van der Waals surface area contributed by atoms with Gasteiger partial charge in [-0.25, -0.2) is 4.39 Å². The van der Waals surface area contributed by atoms with Crippen molar-refractivity contribution < 1.29 is 14.0 Å². The molecule has 0 spiro atoms. The van der Waals surface area contributed by atoms with Gasteiger partial charge in [0.15, 0.2) is 0 Å². The number of amides is 2. The van der Waals surface area contributed by atoms with E-state index in [1.54, 1.807) is 6.07 Å². The first-order chi connectivity index (χ1) is 10.1. The fourth-order valence-corrected chi connectivity index (χ4v) is 2.82. The molecule has 2 aliphatic heterocycles. The molecule has 1 aromatic rings. The van der Waals surface area contributed by atoms with E-state index in [4.69, 9.17) is 0 Å². The van der Waals surface area contributed by atoms with Crippen LogP contribution in [0.2, 0.25) is 0 Å². The average Bonchev–Trinajstić information content (AvgIpc) is 2.51. The number of hydrogen-bond acceptors (Lipinski definition) is 3. The van der Waals surface area contributed by atoms with Gasteiger partial charge in [0, 0.05) is 19.5 Å². The number of halogens is 1. The van der Waals surface area contributed by atoms with E-state index in [0.717, 1.165) is 12.1 Å². The first-order valence-corrected chi connectivity index (χ1v) is 7.23. The Bertz CT molecular complexity index is 579. The third-order valence-corrected chi connectivity index (χ3v) is 4.10. The Kier molecular flexibility index (Phi) is 3.88. The summed E-state index contributed by atoms with van der Waals surface area (Å²) in [7, 11) is 0. The molecule has 2 heterocycles. The maximum atomic E-state index is 14.4. The van der Waals surface area contributed by atoms with Crippen LogP contribution in [0.1, 0.15) is 24.0 Å². The van der Waals surface area contributed by atoms with Crippen molar-refractivity contribution in [3.63, 3.8) is 0 Å². The average molecular weight is 291 g/mol. The zero-order chi connectivity index (χ0) is 14.8. The largest absolute Gasteiger partial charge is 0.355 e. The summed E-state index contributed by atoms with van der Waals surface area (Å²) in [5.41, 5.74) is 1.86. The van der Waals surface area contributed by atoms with Crippen molar-refractivity contribution in [2.75, 3.05) is 18.4 Å². The maximum Gasteiger partial charge on any atom is 0.229 e. The van der Waals surface area contributed by atoms with Gasteiger partial charge in [-0.2, -0.15) is 0 Å². The van der Waals surface area contributed by atoms with E-state index in [1.807, 2.05) is 6.07 Å². The van der Waals surface area contributed by atoms with Gasteiger partial charge in [0.1, 0.15) is 5.82 Å². The van der Waals surface area contributed by atoms with Crippen LogP contribution >= 0.6 is 0 Å². The molecule has 2 amide bonds. The fraction of sp³-hybridized carbons (Fsp3) is 0.467. The van der Waals surface area contributed by atoms with Crippen molar-refractivity contribution in [2.24, 2.45) is 5.92 Å². The van der Waals surface area contributed by atoms with Gasteiger partial charge in [-0.1, -0.05) is 6.07 Å². The molecule has 21 heavy (non-hydrogen) atoms. The fourth-order valence-electron chi connectivity index (χ4n) is 2.82. The molecule has 0 bridgehead atoms. The SMILES string of the molecule is O=C1CCC(C(=O)Nc2ccc3c(c2F)CCNC3)CN1. The van der Waals surface area contributed by atoms with E-state index in [1.165, 1.54) is 0 Å². The molecule has 1 saturated heterocycles. The van der Waals surface area contributed by atoms with E-state index >= 15 is 0 Å². The summed E-state index contributed by atoms with van der Waals surface area (Å²) in [5.74, 6) is -0.892. The molecule has 1 unspecified atom stereocenters. The highest BCUT2D eigenvalue weighted by molar-refractivity contribution is 5.94. The number of nitrogens with one attached hydrogen (secondary N) is 3. The monoisotopic (exact) mass is 291 g/mol. The van der Waals surface area contributed by atoms with Gasteiger partial charge in [-0.05, 0) is 36.6 Å². The zero-order valence-corrected chi connectivity index (χ0v) is 11.7. The summed E-state index contributed by atoms with van der Waals surface area (Å²) in [5, 5.41) is 8.51. The Morgan fingerprint density at radius 1 is 1.33 bits per heavy atom. The van der Waals surface area contributed by atoms with E-state index in [-0.39, 0.29) is 29.2 Å². The van der Waals surface area contributed by atoms with E-state index < -0.39 is 0 Å². The first kappa shape index (κ1) is 14.0. The second kappa shape index (κ2) is 5.81. The van der Waals surface area contributed by atoms with Gasteiger partial charge in [0.2, 0.25) is 11.8 Å². The van der Waals surface area contributed by atoms with Crippen molar-refractivity contribution >= 4 is 17.5 Å². The number of benzene rings is 1. The van der Waals surface area contributed by atoms with Crippen LogP contribution in [0.25, 0.3) is 0 Å². The molecule has 0 aliphatic carbocycles. The topological polar surface area (TPSA) is 70.2 Å². The van der Waals surface area contributed by atoms with Crippen LogP contribution in [-0.2, 0) is 22.6 Å². The Hall–Kier alpha value is -1.95. The lowest BCUT2D eigenvalue weighted by molar-refractivity contribution is -0.126. The summed E-state index contributed by atoms with van der Waals surface area (Å²) in [4.78, 5) is 23.2. The Labute approximate surface area is 122 Å². The first-order valence-electron chi connectivity index (χ1n) is 7.23. The Morgan fingerprint density at radius 2 is 2.19 bits per heavy atom. The molecule has 1 atom stereocenters. The maximum absolute atomic E-state index is 14.4. The number of piperidine rings is 1. The van der Waals surface area contributed by atoms with Gasteiger partial charge < -0.3 is 16.0 Å². The second-order valence-corrected chi connectivity index (χ2v) is 5.52. The molecule has 0 saturated carbocycles. The van der Waals surface area contributed by atoms with Gasteiger partial charge in [-0.15, -0.1) is 0 Å². The van der Waals surface area contributed by atoms with Crippen LogP contribution < -0.4 is 16.0 Å². The predicted molar refractivity (Wildman–Crippen MR) is 76.2 cm³/mol. The standard InChI is InChI=1S/C15H18FN3O2/c16-14-11-5-6-17-7-9(11)1-3-12(14)19-15(21)10-2-4-13(20)18-8-10/h1,3,10,17H,2,4-8H2,(H,18,20)(H,19,21). The minimum absolute atomic E-state index is 0.0356. The zero-order valence-electron chi connectivity index (χ0n) is 11.7. The summed E-state index contributed by atoms with van der Waals surface area (Å²) >= 11 is 0. The molecule has 5 nitrogen and oxygen atoms in total. The Morgan fingerprint density at radius 3 is 2.95 bits per heavy atom.